The molecular weight excluding hydrogens is 264 g/mol. The summed E-state index contributed by atoms with van der Waals surface area (Å²) in [5.74, 6) is 1.71. The van der Waals surface area contributed by atoms with Gasteiger partial charge in [-0.2, -0.15) is 0 Å². The Labute approximate surface area is 137 Å². The van der Waals surface area contributed by atoms with Crippen LogP contribution >= 0.6 is 0 Å². The summed E-state index contributed by atoms with van der Waals surface area (Å²) < 4.78 is 0. The van der Waals surface area contributed by atoms with Gasteiger partial charge in [0.15, 0.2) is 0 Å². The zero-order valence-corrected chi connectivity index (χ0v) is 16.0. The molecule has 0 heteroatoms. The highest BCUT2D eigenvalue weighted by atomic mass is 14.2. The van der Waals surface area contributed by atoms with Crippen molar-refractivity contribution in [2.45, 2.75) is 80.1 Å². The Morgan fingerprint density at radius 1 is 0.636 bits per heavy atom. The van der Waals surface area contributed by atoms with Crippen LogP contribution < -0.4 is 0 Å². The molecule has 122 valence electrons. The van der Waals surface area contributed by atoms with Gasteiger partial charge >= 0.3 is 0 Å². The van der Waals surface area contributed by atoms with Crippen LogP contribution in [0.4, 0.5) is 0 Å². The van der Waals surface area contributed by atoms with Crippen LogP contribution in [-0.4, -0.2) is 0 Å². The molecule has 0 N–H and O–H groups in total. The van der Waals surface area contributed by atoms with Crippen molar-refractivity contribution in [3.8, 4) is 0 Å². The number of fused-ring (bicyclic) bond motifs is 1. The summed E-state index contributed by atoms with van der Waals surface area (Å²) in [5.41, 5.74) is 6.04. The summed E-state index contributed by atoms with van der Waals surface area (Å²) in [6, 6.07) is 9.20. The maximum absolute atomic E-state index is 2.34. The molecule has 2 aromatic rings. The van der Waals surface area contributed by atoms with Gasteiger partial charge < -0.3 is 0 Å². The molecule has 0 bridgehead atoms. The van der Waals surface area contributed by atoms with E-state index in [-0.39, 0.29) is 0 Å². The Hall–Kier alpha value is -1.30. The van der Waals surface area contributed by atoms with Crippen molar-refractivity contribution in [3.05, 3.63) is 46.5 Å². The average Bonchev–Trinajstić information content (AvgIpc) is 2.47. The second-order valence-corrected chi connectivity index (χ2v) is 6.93. The zero-order valence-electron chi connectivity index (χ0n) is 16.0. The van der Waals surface area contributed by atoms with Crippen LogP contribution in [0.2, 0.25) is 0 Å². The van der Waals surface area contributed by atoms with Crippen molar-refractivity contribution in [2.24, 2.45) is 0 Å². The lowest BCUT2D eigenvalue weighted by Crippen LogP contribution is -2.04. The molecule has 0 aromatic heterocycles. The van der Waals surface area contributed by atoms with Crippen molar-refractivity contribution in [3.63, 3.8) is 0 Å². The van der Waals surface area contributed by atoms with Gasteiger partial charge in [-0.05, 0) is 57.7 Å². The largest absolute Gasteiger partial charge is 0.0683 e. The second kappa shape index (κ2) is 7.81. The van der Waals surface area contributed by atoms with Crippen LogP contribution in [0.5, 0.6) is 0 Å². The first-order valence-corrected chi connectivity index (χ1v) is 8.90. The monoisotopic (exact) mass is 298 g/mol. The number of aryl methyl sites for hydroxylation is 1. The van der Waals surface area contributed by atoms with Crippen LogP contribution in [0.1, 0.15) is 95.4 Å². The van der Waals surface area contributed by atoms with Crippen molar-refractivity contribution >= 4 is 10.8 Å². The van der Waals surface area contributed by atoms with Crippen molar-refractivity contribution in [2.75, 3.05) is 0 Å². The molecule has 2 rings (SSSR count). The smallest absolute Gasteiger partial charge is 0.0109 e. The van der Waals surface area contributed by atoms with Crippen LogP contribution in [0.15, 0.2) is 24.3 Å². The molecule has 0 nitrogen and oxygen atoms in total. The van der Waals surface area contributed by atoms with E-state index in [2.05, 4.69) is 72.7 Å². The highest BCUT2D eigenvalue weighted by molar-refractivity contribution is 5.92. The SMILES string of the molecule is CC.Cc1ccc2ccc(C(C)C)c(C(C)C)c2c1C(C)C. The third kappa shape index (κ3) is 3.54. The van der Waals surface area contributed by atoms with Crippen LogP contribution in [0.25, 0.3) is 10.8 Å². The molecule has 0 aliphatic carbocycles. The van der Waals surface area contributed by atoms with Gasteiger partial charge in [-0.1, -0.05) is 79.7 Å². The molecule has 0 aliphatic rings. The summed E-state index contributed by atoms with van der Waals surface area (Å²) in [4.78, 5) is 0. The Morgan fingerprint density at radius 3 is 1.59 bits per heavy atom. The third-order valence-electron chi connectivity index (χ3n) is 4.30. The summed E-state index contributed by atoms with van der Waals surface area (Å²) >= 11 is 0. The minimum absolute atomic E-state index is 0.565. The average molecular weight is 299 g/mol. The lowest BCUT2D eigenvalue weighted by atomic mass is 9.81. The highest BCUT2D eigenvalue weighted by Gasteiger charge is 2.18. The molecule has 22 heavy (non-hydrogen) atoms. The van der Waals surface area contributed by atoms with Crippen molar-refractivity contribution < 1.29 is 0 Å². The van der Waals surface area contributed by atoms with Crippen molar-refractivity contribution in [1.29, 1.82) is 0 Å². The van der Waals surface area contributed by atoms with Crippen LogP contribution in [0.3, 0.4) is 0 Å². The number of rotatable bonds is 3. The predicted octanol–water partition coefficient (Wildman–Crippen LogP) is 7.54. The first-order chi connectivity index (χ1) is 10.3. The first kappa shape index (κ1) is 18.7. The fraction of sp³-hybridized carbons (Fsp3) is 0.545. The van der Waals surface area contributed by atoms with Gasteiger partial charge in [-0.25, -0.2) is 0 Å². The molecule has 0 aliphatic heterocycles. The summed E-state index contributed by atoms with van der Waals surface area (Å²) in [6.45, 7) is 20.1. The summed E-state index contributed by atoms with van der Waals surface area (Å²) in [7, 11) is 0. The fourth-order valence-electron chi connectivity index (χ4n) is 3.46. The predicted molar refractivity (Wildman–Crippen MR) is 102 cm³/mol. The highest BCUT2D eigenvalue weighted by Crippen LogP contribution is 2.38. The summed E-state index contributed by atoms with van der Waals surface area (Å²) in [6.07, 6.45) is 0. The van der Waals surface area contributed by atoms with Gasteiger partial charge in [0.25, 0.3) is 0 Å². The van der Waals surface area contributed by atoms with E-state index in [1.807, 2.05) is 13.8 Å². The molecule has 0 radical (unpaired) electrons. The molecule has 0 amide bonds. The van der Waals surface area contributed by atoms with Gasteiger partial charge in [0, 0.05) is 0 Å². The number of benzene rings is 2. The molecule has 0 saturated carbocycles. The van der Waals surface area contributed by atoms with E-state index in [1.54, 1.807) is 5.56 Å². The van der Waals surface area contributed by atoms with E-state index in [9.17, 15) is 0 Å². The van der Waals surface area contributed by atoms with Gasteiger partial charge in [0.1, 0.15) is 0 Å². The molecule has 0 unspecified atom stereocenters. The van der Waals surface area contributed by atoms with E-state index in [1.165, 1.54) is 27.5 Å². The van der Waals surface area contributed by atoms with E-state index in [0.29, 0.717) is 17.8 Å². The molecule has 2 aromatic carbocycles. The third-order valence-corrected chi connectivity index (χ3v) is 4.30. The quantitative estimate of drug-likeness (QED) is 0.549. The van der Waals surface area contributed by atoms with Crippen LogP contribution in [0, 0.1) is 6.92 Å². The topological polar surface area (TPSA) is 0 Å². The normalized spacial score (nSPS) is 11.3. The Morgan fingerprint density at radius 2 is 1.14 bits per heavy atom. The second-order valence-electron chi connectivity index (χ2n) is 6.93. The molecule has 0 spiro atoms. The summed E-state index contributed by atoms with van der Waals surface area (Å²) in [5, 5.41) is 2.91. The lowest BCUT2D eigenvalue weighted by molar-refractivity contribution is 0.792. The van der Waals surface area contributed by atoms with Gasteiger partial charge in [-0.15, -0.1) is 0 Å². The van der Waals surface area contributed by atoms with Gasteiger partial charge in [0.05, 0.1) is 0 Å². The van der Waals surface area contributed by atoms with Crippen LogP contribution in [-0.2, 0) is 0 Å². The van der Waals surface area contributed by atoms with E-state index >= 15 is 0 Å². The Balaban J connectivity index is 0.00000116. The zero-order chi connectivity index (χ0) is 17.0. The lowest BCUT2D eigenvalue weighted by Gasteiger charge is -2.23. The molecule has 0 saturated heterocycles. The molecular formula is C22H34. The maximum atomic E-state index is 2.34. The number of hydrogen-bond donors (Lipinski definition) is 0. The standard InChI is InChI=1S/C20H28.C2H6/c1-12(2)17-11-10-16-9-8-15(7)18(13(3)4)20(16)19(17)14(5)6;1-2/h8-14H,1-7H3;1-2H3. The van der Waals surface area contributed by atoms with Gasteiger partial charge in [-0.3, -0.25) is 0 Å². The van der Waals surface area contributed by atoms with Gasteiger partial charge in [0.2, 0.25) is 0 Å². The van der Waals surface area contributed by atoms with E-state index in [4.69, 9.17) is 0 Å². The molecule has 0 heterocycles. The Bertz CT molecular complexity index is 615. The first-order valence-electron chi connectivity index (χ1n) is 8.90. The fourth-order valence-corrected chi connectivity index (χ4v) is 3.46. The Kier molecular flexibility index (Phi) is 6.66. The van der Waals surface area contributed by atoms with E-state index in [0.717, 1.165) is 0 Å². The van der Waals surface area contributed by atoms with Crippen molar-refractivity contribution in [1.82, 2.24) is 0 Å². The maximum Gasteiger partial charge on any atom is -0.0109 e. The van der Waals surface area contributed by atoms with E-state index < -0.39 is 0 Å². The molecule has 0 fully saturated rings. The molecule has 0 atom stereocenters. The minimum Gasteiger partial charge on any atom is -0.0683 e. The minimum atomic E-state index is 0.565. The number of hydrogen-bond acceptors (Lipinski definition) is 0.